The molecule has 17 heavy (non-hydrogen) atoms. The minimum Gasteiger partial charge on any atom is -0.361 e. The molecule has 0 unspecified atom stereocenters. The Kier molecular flexibility index (Phi) is 3.78. The molecule has 1 fully saturated rings. The van der Waals surface area contributed by atoms with Crippen molar-refractivity contribution in [3.05, 3.63) is 0 Å². The average molecular weight is 242 g/mol. The van der Waals surface area contributed by atoms with E-state index in [0.717, 1.165) is 12.8 Å². The third-order valence-corrected chi connectivity index (χ3v) is 2.80. The van der Waals surface area contributed by atoms with Gasteiger partial charge in [-0.3, -0.25) is 15.0 Å². The number of nitrogens with two attached hydrogens (primary N) is 1. The van der Waals surface area contributed by atoms with Crippen molar-refractivity contribution in [3.63, 3.8) is 0 Å². The molecule has 0 bridgehead atoms. The summed E-state index contributed by atoms with van der Waals surface area (Å²) in [5.74, 6) is -1.79. The summed E-state index contributed by atoms with van der Waals surface area (Å²) < 4.78 is 0. The van der Waals surface area contributed by atoms with Gasteiger partial charge in [0.2, 0.25) is 0 Å². The number of hydrazine groups is 1. The standard InChI is InChI=1S/C11H22N4O2/c1-10(2)5-7(6-11(3,4)15-10)13-14-9(17)8(12)16/h7,13,15H,5-6H2,1-4H3,(H2,12,16)(H,14,17). The predicted octanol–water partition coefficient (Wildman–Crippen LogP) is -0.598. The van der Waals surface area contributed by atoms with Crippen molar-refractivity contribution < 1.29 is 9.59 Å². The molecule has 0 aromatic carbocycles. The van der Waals surface area contributed by atoms with Crippen LogP contribution in [0, 0.1) is 0 Å². The number of hydrogen-bond donors (Lipinski definition) is 4. The van der Waals surface area contributed by atoms with Crippen LogP contribution >= 0.6 is 0 Å². The third kappa shape index (κ3) is 4.32. The van der Waals surface area contributed by atoms with E-state index in [4.69, 9.17) is 5.73 Å². The fraction of sp³-hybridized carbons (Fsp3) is 0.818. The van der Waals surface area contributed by atoms with Crippen LogP contribution in [0.1, 0.15) is 40.5 Å². The van der Waals surface area contributed by atoms with Crippen LogP contribution in [-0.4, -0.2) is 28.9 Å². The molecular formula is C11H22N4O2. The monoisotopic (exact) mass is 242 g/mol. The van der Waals surface area contributed by atoms with Gasteiger partial charge in [-0.15, -0.1) is 0 Å². The first-order chi connectivity index (χ1) is 7.61. The number of amides is 2. The van der Waals surface area contributed by atoms with E-state index < -0.39 is 11.8 Å². The Morgan fingerprint density at radius 3 is 2.06 bits per heavy atom. The van der Waals surface area contributed by atoms with E-state index >= 15 is 0 Å². The first kappa shape index (κ1) is 13.9. The van der Waals surface area contributed by atoms with Crippen molar-refractivity contribution in [1.82, 2.24) is 16.2 Å². The summed E-state index contributed by atoms with van der Waals surface area (Å²) in [6, 6.07) is 0.115. The maximum absolute atomic E-state index is 11.0. The second-order valence-corrected chi connectivity index (χ2v) is 5.96. The van der Waals surface area contributed by atoms with E-state index in [1.54, 1.807) is 0 Å². The van der Waals surface area contributed by atoms with Gasteiger partial charge in [-0.25, -0.2) is 5.43 Å². The van der Waals surface area contributed by atoms with Crippen molar-refractivity contribution in [2.75, 3.05) is 0 Å². The Bertz CT molecular complexity index is 309. The SMILES string of the molecule is CC1(C)CC(NNC(=O)C(N)=O)CC(C)(C)N1. The molecule has 1 aliphatic heterocycles. The van der Waals surface area contributed by atoms with Gasteiger partial charge >= 0.3 is 11.8 Å². The minimum absolute atomic E-state index is 0.0170. The molecule has 98 valence electrons. The largest absolute Gasteiger partial charge is 0.361 e. The van der Waals surface area contributed by atoms with Crippen LogP contribution in [0.5, 0.6) is 0 Å². The third-order valence-electron chi connectivity index (χ3n) is 2.80. The highest BCUT2D eigenvalue weighted by molar-refractivity contribution is 6.34. The fourth-order valence-corrected chi connectivity index (χ4v) is 2.65. The van der Waals surface area contributed by atoms with Crippen LogP contribution in [0.2, 0.25) is 0 Å². The molecule has 0 aromatic heterocycles. The van der Waals surface area contributed by atoms with E-state index in [9.17, 15) is 9.59 Å². The Morgan fingerprint density at radius 2 is 1.65 bits per heavy atom. The molecule has 0 saturated carbocycles. The molecular weight excluding hydrogens is 220 g/mol. The lowest BCUT2D eigenvalue weighted by Crippen LogP contribution is -2.63. The summed E-state index contributed by atoms with van der Waals surface area (Å²) in [7, 11) is 0. The zero-order valence-corrected chi connectivity index (χ0v) is 10.9. The maximum atomic E-state index is 11.0. The van der Waals surface area contributed by atoms with E-state index in [1.165, 1.54) is 0 Å². The highest BCUT2D eigenvalue weighted by Crippen LogP contribution is 2.28. The van der Waals surface area contributed by atoms with Gasteiger partial charge in [-0.1, -0.05) is 0 Å². The van der Waals surface area contributed by atoms with Crippen LogP contribution in [0.3, 0.4) is 0 Å². The van der Waals surface area contributed by atoms with Crippen molar-refractivity contribution in [1.29, 1.82) is 0 Å². The second kappa shape index (κ2) is 4.62. The number of carbonyl (C=O) groups is 2. The van der Waals surface area contributed by atoms with Gasteiger partial charge in [-0.2, -0.15) is 0 Å². The molecule has 1 saturated heterocycles. The lowest BCUT2D eigenvalue weighted by atomic mass is 9.80. The molecule has 1 aliphatic rings. The molecule has 6 nitrogen and oxygen atoms in total. The van der Waals surface area contributed by atoms with Gasteiger partial charge in [0, 0.05) is 17.1 Å². The summed E-state index contributed by atoms with van der Waals surface area (Å²) in [5.41, 5.74) is 10.0. The first-order valence-corrected chi connectivity index (χ1v) is 5.76. The highest BCUT2D eigenvalue weighted by atomic mass is 16.2. The Labute approximate surface area is 102 Å². The summed E-state index contributed by atoms with van der Waals surface area (Å²) in [6.45, 7) is 8.44. The average Bonchev–Trinajstić information content (AvgIpc) is 2.08. The van der Waals surface area contributed by atoms with Crippen molar-refractivity contribution >= 4 is 11.8 Å². The lowest BCUT2D eigenvalue weighted by Gasteiger charge is -2.46. The molecule has 1 heterocycles. The van der Waals surface area contributed by atoms with Gasteiger partial charge in [0.25, 0.3) is 0 Å². The summed E-state index contributed by atoms with van der Waals surface area (Å²) in [5, 5.41) is 3.53. The molecule has 0 spiro atoms. The minimum atomic E-state index is -0.982. The number of carbonyl (C=O) groups excluding carboxylic acids is 2. The number of rotatable bonds is 2. The number of piperidine rings is 1. The topological polar surface area (TPSA) is 96.2 Å². The second-order valence-electron chi connectivity index (χ2n) is 5.96. The molecule has 5 N–H and O–H groups in total. The summed E-state index contributed by atoms with van der Waals surface area (Å²) in [4.78, 5) is 21.6. The summed E-state index contributed by atoms with van der Waals surface area (Å²) >= 11 is 0. The Balaban J connectivity index is 2.54. The van der Waals surface area contributed by atoms with Crippen molar-refractivity contribution in [2.45, 2.75) is 57.7 Å². The first-order valence-electron chi connectivity index (χ1n) is 5.76. The van der Waals surface area contributed by atoms with Crippen LogP contribution < -0.4 is 21.9 Å². The van der Waals surface area contributed by atoms with Crippen LogP contribution in [0.15, 0.2) is 0 Å². The van der Waals surface area contributed by atoms with Crippen LogP contribution in [0.4, 0.5) is 0 Å². The van der Waals surface area contributed by atoms with Gasteiger partial charge in [0.05, 0.1) is 0 Å². The van der Waals surface area contributed by atoms with Crippen LogP contribution in [0.25, 0.3) is 0 Å². The maximum Gasteiger partial charge on any atom is 0.323 e. The van der Waals surface area contributed by atoms with Gasteiger partial charge in [0.15, 0.2) is 0 Å². The number of nitrogens with one attached hydrogen (secondary N) is 3. The molecule has 0 radical (unpaired) electrons. The lowest BCUT2D eigenvalue weighted by molar-refractivity contribution is -0.138. The molecule has 0 atom stereocenters. The van der Waals surface area contributed by atoms with Crippen molar-refractivity contribution in [3.8, 4) is 0 Å². The summed E-state index contributed by atoms with van der Waals surface area (Å²) in [6.07, 6.45) is 1.71. The van der Waals surface area contributed by atoms with E-state index in [2.05, 4.69) is 43.9 Å². The number of hydrogen-bond acceptors (Lipinski definition) is 4. The van der Waals surface area contributed by atoms with Gasteiger partial charge in [-0.05, 0) is 40.5 Å². The zero-order valence-electron chi connectivity index (χ0n) is 10.9. The quantitative estimate of drug-likeness (QED) is 0.384. The number of primary amides is 1. The Morgan fingerprint density at radius 1 is 1.18 bits per heavy atom. The predicted molar refractivity (Wildman–Crippen MR) is 64.8 cm³/mol. The normalized spacial score (nSPS) is 23.1. The van der Waals surface area contributed by atoms with E-state index in [0.29, 0.717) is 0 Å². The van der Waals surface area contributed by atoms with Crippen molar-refractivity contribution in [2.24, 2.45) is 5.73 Å². The molecule has 0 aliphatic carbocycles. The van der Waals surface area contributed by atoms with Gasteiger partial charge in [0.1, 0.15) is 0 Å². The molecule has 1 rings (SSSR count). The smallest absolute Gasteiger partial charge is 0.323 e. The Hall–Kier alpha value is -1.14. The highest BCUT2D eigenvalue weighted by Gasteiger charge is 2.37. The zero-order chi connectivity index (χ0) is 13.3. The van der Waals surface area contributed by atoms with Crippen LogP contribution in [-0.2, 0) is 9.59 Å². The van der Waals surface area contributed by atoms with Gasteiger partial charge < -0.3 is 11.1 Å². The molecule has 6 heteroatoms. The van der Waals surface area contributed by atoms with E-state index in [-0.39, 0.29) is 17.1 Å². The van der Waals surface area contributed by atoms with E-state index in [1.807, 2.05) is 0 Å². The molecule has 2 amide bonds. The molecule has 0 aromatic rings. The fourth-order valence-electron chi connectivity index (χ4n) is 2.65.